The zero-order chi connectivity index (χ0) is 8.32. The molecule has 66 valence electrons. The topological polar surface area (TPSA) is 26.0 Å². The van der Waals surface area contributed by atoms with Crippen molar-refractivity contribution in [1.29, 1.82) is 0 Å². The van der Waals surface area contributed by atoms with Crippen LogP contribution in [-0.4, -0.2) is 5.54 Å². The second-order valence-corrected chi connectivity index (χ2v) is 4.34. The first-order valence-electron chi connectivity index (χ1n) is 4.93. The van der Waals surface area contributed by atoms with E-state index in [1.165, 1.54) is 32.1 Å². The summed E-state index contributed by atoms with van der Waals surface area (Å²) in [6, 6.07) is 0. The Labute approximate surface area is 70.4 Å². The minimum atomic E-state index is 0.107. The van der Waals surface area contributed by atoms with Crippen LogP contribution in [0, 0.1) is 5.92 Å². The molecule has 2 N–H and O–H groups in total. The molecule has 1 nitrogen and oxygen atoms in total. The van der Waals surface area contributed by atoms with Gasteiger partial charge in [-0.25, -0.2) is 0 Å². The van der Waals surface area contributed by atoms with Gasteiger partial charge in [-0.15, -0.1) is 0 Å². The molecule has 1 atom stereocenters. The fraction of sp³-hybridized carbons (Fsp3) is 1.00. The molecule has 0 heterocycles. The molecule has 0 saturated heterocycles. The molecular weight excluding hydrogens is 134 g/mol. The van der Waals surface area contributed by atoms with Crippen molar-refractivity contribution in [2.45, 2.75) is 57.9 Å². The average Bonchev–Trinajstić information content (AvgIpc) is 1.84. The summed E-state index contributed by atoms with van der Waals surface area (Å²) in [5.74, 6) is 1.02. The number of hydrogen-bond donors (Lipinski definition) is 1. The van der Waals surface area contributed by atoms with Crippen LogP contribution in [0.3, 0.4) is 0 Å². The Morgan fingerprint density at radius 2 is 2.09 bits per heavy atom. The summed E-state index contributed by atoms with van der Waals surface area (Å²) in [5.41, 5.74) is 6.15. The van der Waals surface area contributed by atoms with Gasteiger partial charge in [0, 0.05) is 5.54 Å². The predicted molar refractivity (Wildman–Crippen MR) is 49.5 cm³/mol. The maximum Gasteiger partial charge on any atom is 0.0123 e. The zero-order valence-electron chi connectivity index (χ0n) is 7.90. The van der Waals surface area contributed by atoms with E-state index in [9.17, 15) is 0 Å². The van der Waals surface area contributed by atoms with Crippen LogP contribution in [0.5, 0.6) is 0 Å². The molecule has 0 bridgehead atoms. The monoisotopic (exact) mass is 155 g/mol. The van der Waals surface area contributed by atoms with Crippen LogP contribution in [-0.2, 0) is 0 Å². The standard InChI is InChI=1S/C10H21N/c1-3-10(2,11)8-7-9-5-4-6-9/h9H,3-8,11H2,1-2H3. The van der Waals surface area contributed by atoms with Crippen LogP contribution < -0.4 is 5.73 Å². The summed E-state index contributed by atoms with van der Waals surface area (Å²) in [6.45, 7) is 4.35. The van der Waals surface area contributed by atoms with Gasteiger partial charge < -0.3 is 5.73 Å². The van der Waals surface area contributed by atoms with Gasteiger partial charge in [-0.05, 0) is 32.1 Å². The Morgan fingerprint density at radius 1 is 1.45 bits per heavy atom. The lowest BCUT2D eigenvalue weighted by Gasteiger charge is -2.30. The molecule has 1 aliphatic carbocycles. The maximum atomic E-state index is 6.04. The minimum Gasteiger partial charge on any atom is -0.325 e. The van der Waals surface area contributed by atoms with Crippen LogP contribution in [0.4, 0.5) is 0 Å². The molecule has 1 saturated carbocycles. The molecule has 0 aliphatic heterocycles. The van der Waals surface area contributed by atoms with Gasteiger partial charge in [0.25, 0.3) is 0 Å². The van der Waals surface area contributed by atoms with Crippen molar-refractivity contribution in [2.24, 2.45) is 11.7 Å². The normalized spacial score (nSPS) is 24.3. The number of rotatable bonds is 4. The third-order valence-electron chi connectivity index (χ3n) is 3.16. The van der Waals surface area contributed by atoms with Crippen LogP contribution in [0.15, 0.2) is 0 Å². The van der Waals surface area contributed by atoms with E-state index >= 15 is 0 Å². The van der Waals surface area contributed by atoms with Gasteiger partial charge in [-0.3, -0.25) is 0 Å². The van der Waals surface area contributed by atoms with E-state index in [0.29, 0.717) is 0 Å². The molecule has 0 radical (unpaired) electrons. The highest BCUT2D eigenvalue weighted by Gasteiger charge is 2.22. The van der Waals surface area contributed by atoms with E-state index in [0.717, 1.165) is 12.3 Å². The lowest BCUT2D eigenvalue weighted by molar-refractivity contribution is 0.258. The fourth-order valence-corrected chi connectivity index (χ4v) is 1.49. The highest BCUT2D eigenvalue weighted by Crippen LogP contribution is 2.32. The van der Waals surface area contributed by atoms with Crippen molar-refractivity contribution in [1.82, 2.24) is 0 Å². The van der Waals surface area contributed by atoms with Gasteiger partial charge in [-0.2, -0.15) is 0 Å². The van der Waals surface area contributed by atoms with Gasteiger partial charge in [0.2, 0.25) is 0 Å². The maximum absolute atomic E-state index is 6.04. The van der Waals surface area contributed by atoms with Gasteiger partial charge in [0.05, 0.1) is 0 Å². The van der Waals surface area contributed by atoms with E-state index in [1.54, 1.807) is 0 Å². The number of hydrogen-bond acceptors (Lipinski definition) is 1. The molecule has 1 aliphatic rings. The fourth-order valence-electron chi connectivity index (χ4n) is 1.49. The largest absolute Gasteiger partial charge is 0.325 e. The SMILES string of the molecule is CCC(C)(N)CCC1CCC1. The van der Waals surface area contributed by atoms with Crippen LogP contribution >= 0.6 is 0 Å². The molecule has 0 aromatic carbocycles. The van der Waals surface area contributed by atoms with E-state index in [4.69, 9.17) is 5.73 Å². The number of nitrogens with two attached hydrogens (primary N) is 1. The second-order valence-electron chi connectivity index (χ2n) is 4.34. The van der Waals surface area contributed by atoms with Crippen molar-refractivity contribution in [3.8, 4) is 0 Å². The predicted octanol–water partition coefficient (Wildman–Crippen LogP) is 2.69. The van der Waals surface area contributed by atoms with E-state index in [1.807, 2.05) is 0 Å². The molecule has 1 unspecified atom stereocenters. The molecule has 0 spiro atoms. The van der Waals surface area contributed by atoms with Crippen LogP contribution in [0.1, 0.15) is 52.4 Å². The molecule has 1 heteroatoms. The van der Waals surface area contributed by atoms with E-state index < -0.39 is 0 Å². The molecule has 0 aromatic rings. The minimum absolute atomic E-state index is 0.107. The zero-order valence-corrected chi connectivity index (χ0v) is 7.90. The summed E-state index contributed by atoms with van der Waals surface area (Å²) < 4.78 is 0. The third-order valence-corrected chi connectivity index (χ3v) is 3.16. The van der Waals surface area contributed by atoms with Crippen molar-refractivity contribution in [3.05, 3.63) is 0 Å². The first-order valence-corrected chi connectivity index (χ1v) is 4.93. The van der Waals surface area contributed by atoms with Crippen LogP contribution in [0.2, 0.25) is 0 Å². The van der Waals surface area contributed by atoms with Crippen molar-refractivity contribution < 1.29 is 0 Å². The van der Waals surface area contributed by atoms with Gasteiger partial charge in [-0.1, -0.05) is 26.2 Å². The molecule has 1 fully saturated rings. The Balaban J connectivity index is 2.09. The quantitative estimate of drug-likeness (QED) is 0.663. The first-order chi connectivity index (χ1) is 5.14. The highest BCUT2D eigenvalue weighted by atomic mass is 14.7. The van der Waals surface area contributed by atoms with Crippen LogP contribution in [0.25, 0.3) is 0 Å². The summed E-state index contributed by atoms with van der Waals surface area (Å²) in [4.78, 5) is 0. The highest BCUT2D eigenvalue weighted by molar-refractivity contribution is 4.79. The summed E-state index contributed by atoms with van der Waals surface area (Å²) in [6.07, 6.45) is 8.06. The van der Waals surface area contributed by atoms with Gasteiger partial charge in [0.15, 0.2) is 0 Å². The Kier molecular flexibility index (Phi) is 2.94. The van der Waals surface area contributed by atoms with Crippen molar-refractivity contribution in [2.75, 3.05) is 0 Å². The summed E-state index contributed by atoms with van der Waals surface area (Å²) >= 11 is 0. The Morgan fingerprint density at radius 3 is 2.45 bits per heavy atom. The van der Waals surface area contributed by atoms with Gasteiger partial charge in [0.1, 0.15) is 0 Å². The first kappa shape index (κ1) is 9.05. The lowest BCUT2D eigenvalue weighted by Crippen LogP contribution is -2.36. The molecular formula is C10H21N. The van der Waals surface area contributed by atoms with Gasteiger partial charge >= 0.3 is 0 Å². The molecule has 0 aromatic heterocycles. The average molecular weight is 155 g/mol. The Bertz CT molecular complexity index is 114. The smallest absolute Gasteiger partial charge is 0.0123 e. The Hall–Kier alpha value is -0.0400. The van der Waals surface area contributed by atoms with Crippen molar-refractivity contribution >= 4 is 0 Å². The second kappa shape index (κ2) is 3.57. The molecule has 0 amide bonds. The van der Waals surface area contributed by atoms with E-state index in [2.05, 4.69) is 13.8 Å². The molecule has 11 heavy (non-hydrogen) atoms. The van der Waals surface area contributed by atoms with Crippen molar-refractivity contribution in [3.63, 3.8) is 0 Å². The lowest BCUT2D eigenvalue weighted by atomic mass is 9.79. The summed E-state index contributed by atoms with van der Waals surface area (Å²) in [5, 5.41) is 0. The third kappa shape index (κ3) is 2.82. The summed E-state index contributed by atoms with van der Waals surface area (Å²) in [7, 11) is 0. The van der Waals surface area contributed by atoms with E-state index in [-0.39, 0.29) is 5.54 Å². The molecule has 1 rings (SSSR count).